The summed E-state index contributed by atoms with van der Waals surface area (Å²) in [6.07, 6.45) is 1.36. The summed E-state index contributed by atoms with van der Waals surface area (Å²) in [6.45, 7) is 7.65. The molecule has 6 rings (SSSR count). The predicted octanol–water partition coefficient (Wildman–Crippen LogP) is 4.69. The Bertz CT molecular complexity index is 1730. The number of amides is 2. The number of aliphatic hydroxyl groups excluding tert-OH is 2. The fraction of sp³-hybridized carbons (Fsp3) is 0.385. The Morgan fingerprint density at radius 3 is 2.48 bits per heavy atom. The minimum Gasteiger partial charge on any atom is -0.459 e. The van der Waals surface area contributed by atoms with Crippen molar-refractivity contribution in [1.82, 2.24) is 20.4 Å². The fourth-order valence-corrected chi connectivity index (χ4v) is 6.78. The molecule has 252 valence electrons. The van der Waals surface area contributed by atoms with Gasteiger partial charge in [0.15, 0.2) is 0 Å². The maximum atomic E-state index is 13.9. The van der Waals surface area contributed by atoms with E-state index in [-0.39, 0.29) is 24.8 Å². The van der Waals surface area contributed by atoms with Crippen LogP contribution in [0.4, 0.5) is 0 Å². The van der Waals surface area contributed by atoms with Crippen LogP contribution in [0, 0.1) is 5.92 Å². The van der Waals surface area contributed by atoms with E-state index < -0.39 is 29.7 Å². The van der Waals surface area contributed by atoms with Gasteiger partial charge in [-0.2, -0.15) is 0 Å². The highest BCUT2D eigenvalue weighted by Crippen LogP contribution is 2.32. The topological polar surface area (TPSA) is 118 Å². The molecule has 0 saturated carbocycles. The molecule has 0 unspecified atom stereocenters. The number of aliphatic hydroxyl groups is 2. The molecule has 9 heteroatoms. The number of β-amino-alcohol motifs (C(OH)–C–C–N with tert-alkyl or cyclic N) is 1. The first-order chi connectivity index (χ1) is 23.0. The van der Waals surface area contributed by atoms with Gasteiger partial charge in [0.05, 0.1) is 24.8 Å². The van der Waals surface area contributed by atoms with Gasteiger partial charge in [-0.25, -0.2) is 0 Å². The maximum absolute atomic E-state index is 13.9. The van der Waals surface area contributed by atoms with Crippen LogP contribution in [-0.4, -0.2) is 69.2 Å². The van der Waals surface area contributed by atoms with Gasteiger partial charge in [0.25, 0.3) is 5.91 Å². The van der Waals surface area contributed by atoms with Gasteiger partial charge in [-0.15, -0.1) is 0 Å². The van der Waals surface area contributed by atoms with Gasteiger partial charge < -0.3 is 35.1 Å². The second kappa shape index (κ2) is 14.3. The zero-order chi connectivity index (χ0) is 33.8. The van der Waals surface area contributed by atoms with Crippen LogP contribution in [0.1, 0.15) is 55.7 Å². The minimum absolute atomic E-state index is 0.190. The van der Waals surface area contributed by atoms with Crippen molar-refractivity contribution < 1.29 is 24.2 Å². The third kappa shape index (κ3) is 8.09. The summed E-state index contributed by atoms with van der Waals surface area (Å²) in [6, 6.07) is 26.9. The molecule has 0 radical (unpaired) electrons. The van der Waals surface area contributed by atoms with Gasteiger partial charge in [-0.3, -0.25) is 9.59 Å². The molecular weight excluding hydrogens is 604 g/mol. The number of nitrogens with one attached hydrogen (secondary N) is 2. The van der Waals surface area contributed by atoms with E-state index >= 15 is 0 Å². The van der Waals surface area contributed by atoms with Crippen molar-refractivity contribution in [3.05, 3.63) is 119 Å². The standard InChI is InChI=1S/C39H46N4O5/c1-39(2,3)41-38(47)33-25-42(24-31-21-28-14-8-10-16-35(28)48-31)17-18-43(33)23-30(44)20-29(19-26-11-5-4-6-12-26)37(46)40-36-32-15-9-7-13-27(32)22-34(36)45/h4-16,21,25,29-30,34,36,44-45H,17-20,22-24H2,1-3H3,(H,40,46)(H,41,47)/t29-,30+,34-,36+/m1/s1. The lowest BCUT2D eigenvalue weighted by Crippen LogP contribution is -2.50. The van der Waals surface area contributed by atoms with E-state index in [4.69, 9.17) is 4.42 Å². The van der Waals surface area contributed by atoms with Crippen molar-refractivity contribution in [2.75, 3.05) is 19.6 Å². The molecule has 4 N–H and O–H groups in total. The van der Waals surface area contributed by atoms with Gasteiger partial charge in [0.1, 0.15) is 17.0 Å². The van der Waals surface area contributed by atoms with E-state index in [2.05, 4.69) is 15.5 Å². The molecule has 0 bridgehead atoms. The Morgan fingerprint density at radius 1 is 0.979 bits per heavy atom. The van der Waals surface area contributed by atoms with E-state index in [9.17, 15) is 19.8 Å². The molecule has 0 saturated heterocycles. The highest BCUT2D eigenvalue weighted by atomic mass is 16.3. The Morgan fingerprint density at radius 2 is 1.71 bits per heavy atom. The van der Waals surface area contributed by atoms with E-state index in [0.29, 0.717) is 38.2 Å². The van der Waals surface area contributed by atoms with Crippen LogP contribution in [0.2, 0.25) is 0 Å². The SMILES string of the molecule is CC(C)(C)NC(=O)C1=CN(Cc2cc3ccccc3o2)CCN1C[C@@H](O)C[C@@H](Cc1ccccc1)C(=O)N[C@H]1c2ccccc2C[C@H]1O. The first-order valence-corrected chi connectivity index (χ1v) is 16.8. The zero-order valence-electron chi connectivity index (χ0n) is 27.9. The smallest absolute Gasteiger partial charge is 0.269 e. The Kier molecular flexibility index (Phi) is 9.89. The number of carbonyl (C=O) groups is 2. The normalized spacial score (nSPS) is 19.1. The lowest BCUT2D eigenvalue weighted by Gasteiger charge is -2.37. The van der Waals surface area contributed by atoms with Gasteiger partial charge in [-0.05, 0) is 62.4 Å². The zero-order valence-corrected chi connectivity index (χ0v) is 27.9. The number of furan rings is 1. The highest BCUT2D eigenvalue weighted by Gasteiger charge is 2.35. The molecule has 48 heavy (non-hydrogen) atoms. The second-order valence-corrected chi connectivity index (χ2v) is 14.1. The van der Waals surface area contributed by atoms with E-state index in [1.807, 2.05) is 117 Å². The van der Waals surface area contributed by atoms with Crippen LogP contribution in [0.15, 0.2) is 101 Å². The van der Waals surface area contributed by atoms with Gasteiger partial charge in [0, 0.05) is 49.1 Å². The van der Waals surface area contributed by atoms with Gasteiger partial charge in [0.2, 0.25) is 5.91 Å². The van der Waals surface area contributed by atoms with Crippen molar-refractivity contribution in [2.45, 2.75) is 70.4 Å². The molecule has 2 heterocycles. The monoisotopic (exact) mass is 650 g/mol. The molecular formula is C39H46N4O5. The van der Waals surface area contributed by atoms with Gasteiger partial charge >= 0.3 is 0 Å². The van der Waals surface area contributed by atoms with E-state index in [0.717, 1.165) is 33.4 Å². The largest absolute Gasteiger partial charge is 0.459 e. The Labute approximate surface area is 282 Å². The number of fused-ring (bicyclic) bond motifs is 2. The third-order valence-corrected chi connectivity index (χ3v) is 9.04. The summed E-state index contributed by atoms with van der Waals surface area (Å²) < 4.78 is 6.05. The number of nitrogens with zero attached hydrogens (tertiary/aromatic N) is 2. The average Bonchev–Trinajstić information content (AvgIpc) is 3.60. The summed E-state index contributed by atoms with van der Waals surface area (Å²) in [5.41, 5.74) is 3.78. The molecule has 3 aromatic carbocycles. The third-order valence-electron chi connectivity index (χ3n) is 9.04. The predicted molar refractivity (Wildman–Crippen MR) is 185 cm³/mol. The van der Waals surface area contributed by atoms with Crippen molar-refractivity contribution in [1.29, 1.82) is 0 Å². The number of benzene rings is 3. The highest BCUT2D eigenvalue weighted by molar-refractivity contribution is 5.93. The number of carbonyl (C=O) groups excluding carboxylic acids is 2. The summed E-state index contributed by atoms with van der Waals surface area (Å²) in [7, 11) is 0. The molecule has 1 aliphatic carbocycles. The Hall–Kier alpha value is -4.60. The maximum Gasteiger partial charge on any atom is 0.269 e. The van der Waals surface area contributed by atoms with Gasteiger partial charge in [-0.1, -0.05) is 72.8 Å². The number of hydrogen-bond acceptors (Lipinski definition) is 7. The summed E-state index contributed by atoms with van der Waals surface area (Å²) in [5.74, 6) is -0.180. The summed E-state index contributed by atoms with van der Waals surface area (Å²) in [5, 5.41) is 29.5. The first kappa shape index (κ1) is 33.3. The van der Waals surface area contributed by atoms with Crippen LogP contribution < -0.4 is 10.6 Å². The van der Waals surface area contributed by atoms with Crippen molar-refractivity contribution in [2.24, 2.45) is 5.92 Å². The Balaban J connectivity index is 1.18. The summed E-state index contributed by atoms with van der Waals surface area (Å²) in [4.78, 5) is 31.4. The average molecular weight is 651 g/mol. The van der Waals surface area contributed by atoms with Crippen LogP contribution in [0.3, 0.4) is 0 Å². The van der Waals surface area contributed by atoms with E-state index in [1.165, 1.54) is 0 Å². The molecule has 1 aliphatic heterocycles. The number of hydrogen-bond donors (Lipinski definition) is 4. The van der Waals surface area contributed by atoms with E-state index in [1.54, 1.807) is 0 Å². The van der Waals surface area contributed by atoms with Crippen LogP contribution >= 0.6 is 0 Å². The summed E-state index contributed by atoms with van der Waals surface area (Å²) >= 11 is 0. The molecule has 2 amide bonds. The molecule has 4 aromatic rings. The number of rotatable bonds is 11. The fourth-order valence-electron chi connectivity index (χ4n) is 6.78. The molecule has 4 atom stereocenters. The molecule has 0 spiro atoms. The van der Waals surface area contributed by atoms with Crippen molar-refractivity contribution in [3.8, 4) is 0 Å². The second-order valence-electron chi connectivity index (χ2n) is 14.1. The lowest BCUT2D eigenvalue weighted by atomic mass is 9.91. The van der Waals surface area contributed by atoms with Crippen molar-refractivity contribution in [3.63, 3.8) is 0 Å². The quantitative estimate of drug-likeness (QED) is 0.186. The van der Waals surface area contributed by atoms with Crippen LogP contribution in [-0.2, 0) is 29.0 Å². The molecule has 9 nitrogen and oxygen atoms in total. The molecule has 0 fully saturated rings. The molecule has 2 aliphatic rings. The first-order valence-electron chi connectivity index (χ1n) is 16.8. The van der Waals surface area contributed by atoms with Crippen LogP contribution in [0.25, 0.3) is 11.0 Å². The molecule has 1 aromatic heterocycles. The minimum atomic E-state index is -0.891. The number of para-hydroxylation sites is 1. The van der Waals surface area contributed by atoms with Crippen molar-refractivity contribution >= 4 is 22.8 Å². The van der Waals surface area contributed by atoms with Crippen LogP contribution in [0.5, 0.6) is 0 Å². The lowest BCUT2D eigenvalue weighted by molar-refractivity contribution is -0.128.